The van der Waals surface area contributed by atoms with E-state index in [2.05, 4.69) is 51.2 Å². The van der Waals surface area contributed by atoms with Crippen molar-refractivity contribution in [3.05, 3.63) is 29.3 Å². The van der Waals surface area contributed by atoms with Gasteiger partial charge in [-0.2, -0.15) is 0 Å². The highest BCUT2D eigenvalue weighted by Crippen LogP contribution is 2.18. The summed E-state index contributed by atoms with van der Waals surface area (Å²) in [4.78, 5) is 0. The molecule has 0 saturated carbocycles. The van der Waals surface area contributed by atoms with Crippen molar-refractivity contribution in [2.45, 2.75) is 65.8 Å². The molecule has 0 amide bonds. The maximum atomic E-state index is 3.67. The molecule has 96 valence electrons. The fourth-order valence-corrected chi connectivity index (χ4v) is 2.21. The van der Waals surface area contributed by atoms with Crippen LogP contribution in [0.4, 0.5) is 5.69 Å². The zero-order valence-electron chi connectivity index (χ0n) is 11.8. The lowest BCUT2D eigenvalue weighted by atomic mass is 10.0. The minimum Gasteiger partial charge on any atom is -0.382 e. The molecule has 1 N–H and O–H groups in total. The van der Waals surface area contributed by atoms with Gasteiger partial charge in [-0.15, -0.1) is 0 Å². The molecule has 0 heterocycles. The molecule has 0 radical (unpaired) electrons. The molecular weight excluding hydrogens is 206 g/mol. The van der Waals surface area contributed by atoms with Crippen molar-refractivity contribution in [2.75, 3.05) is 5.32 Å². The maximum Gasteiger partial charge on any atom is 0.0345 e. The first-order chi connectivity index (χ1) is 8.21. The molecule has 0 aliphatic rings. The van der Waals surface area contributed by atoms with Crippen molar-refractivity contribution in [1.29, 1.82) is 0 Å². The Labute approximate surface area is 107 Å². The summed E-state index contributed by atoms with van der Waals surface area (Å²) in [5, 5.41) is 3.67. The third kappa shape index (κ3) is 4.41. The van der Waals surface area contributed by atoms with E-state index in [-0.39, 0.29) is 0 Å². The molecule has 1 atom stereocenters. The predicted octanol–water partition coefficient (Wildman–Crippen LogP) is 4.94. The summed E-state index contributed by atoms with van der Waals surface area (Å²) >= 11 is 0. The third-order valence-electron chi connectivity index (χ3n) is 3.50. The van der Waals surface area contributed by atoms with Crippen LogP contribution in [0.2, 0.25) is 0 Å². The minimum absolute atomic E-state index is 0.627. The fraction of sp³-hybridized carbons (Fsp3) is 0.625. The molecule has 0 saturated heterocycles. The van der Waals surface area contributed by atoms with E-state index in [1.54, 1.807) is 0 Å². The molecule has 17 heavy (non-hydrogen) atoms. The molecule has 0 aliphatic carbocycles. The van der Waals surface area contributed by atoms with Crippen molar-refractivity contribution in [1.82, 2.24) is 0 Å². The fourth-order valence-electron chi connectivity index (χ4n) is 2.21. The third-order valence-corrected chi connectivity index (χ3v) is 3.50. The van der Waals surface area contributed by atoms with E-state index in [1.807, 2.05) is 0 Å². The van der Waals surface area contributed by atoms with E-state index < -0.39 is 0 Å². The lowest BCUT2D eigenvalue weighted by molar-refractivity contribution is 0.593. The minimum atomic E-state index is 0.627. The number of rotatable bonds is 7. The van der Waals surface area contributed by atoms with Crippen molar-refractivity contribution >= 4 is 5.69 Å². The van der Waals surface area contributed by atoms with Crippen LogP contribution < -0.4 is 5.32 Å². The summed E-state index contributed by atoms with van der Waals surface area (Å²) < 4.78 is 0. The lowest BCUT2D eigenvalue weighted by Gasteiger charge is -2.19. The molecule has 1 nitrogen and oxygen atoms in total. The molecule has 0 aliphatic heterocycles. The van der Waals surface area contributed by atoms with Gasteiger partial charge < -0.3 is 5.32 Å². The highest BCUT2D eigenvalue weighted by Gasteiger charge is 2.06. The SMILES string of the molecule is CCCCC(CC)Nc1ccc(C)c(CC)c1. The summed E-state index contributed by atoms with van der Waals surface area (Å²) in [7, 11) is 0. The summed E-state index contributed by atoms with van der Waals surface area (Å²) in [6, 6.07) is 7.38. The molecule has 1 heteroatoms. The van der Waals surface area contributed by atoms with Gasteiger partial charge in [0.15, 0.2) is 0 Å². The van der Waals surface area contributed by atoms with Gasteiger partial charge in [-0.3, -0.25) is 0 Å². The van der Waals surface area contributed by atoms with E-state index in [0.717, 1.165) is 6.42 Å². The molecule has 0 spiro atoms. The number of hydrogen-bond donors (Lipinski definition) is 1. The van der Waals surface area contributed by atoms with E-state index in [0.29, 0.717) is 6.04 Å². The molecule has 1 aromatic rings. The number of hydrogen-bond acceptors (Lipinski definition) is 1. The Bertz CT molecular complexity index is 330. The topological polar surface area (TPSA) is 12.0 Å². The first-order valence-corrected chi connectivity index (χ1v) is 7.07. The average Bonchev–Trinajstić information content (AvgIpc) is 2.36. The second kappa shape index (κ2) is 7.37. The Morgan fingerprint density at radius 2 is 1.94 bits per heavy atom. The quantitative estimate of drug-likeness (QED) is 0.703. The van der Waals surface area contributed by atoms with Gasteiger partial charge in [0.05, 0.1) is 0 Å². The number of unbranched alkanes of at least 4 members (excludes halogenated alkanes) is 1. The van der Waals surface area contributed by atoms with E-state index in [1.165, 1.54) is 42.5 Å². The Hall–Kier alpha value is -0.980. The number of anilines is 1. The van der Waals surface area contributed by atoms with Crippen LogP contribution in [0.3, 0.4) is 0 Å². The van der Waals surface area contributed by atoms with Gasteiger partial charge in [-0.1, -0.05) is 39.7 Å². The van der Waals surface area contributed by atoms with Crippen LogP contribution in [0, 0.1) is 6.92 Å². The summed E-state index contributed by atoms with van der Waals surface area (Å²) in [5.74, 6) is 0. The van der Waals surface area contributed by atoms with E-state index in [9.17, 15) is 0 Å². The van der Waals surface area contributed by atoms with Gasteiger partial charge in [0, 0.05) is 11.7 Å². The zero-order valence-corrected chi connectivity index (χ0v) is 11.8. The van der Waals surface area contributed by atoms with Crippen LogP contribution in [0.5, 0.6) is 0 Å². The smallest absolute Gasteiger partial charge is 0.0345 e. The van der Waals surface area contributed by atoms with Crippen molar-refractivity contribution in [2.24, 2.45) is 0 Å². The van der Waals surface area contributed by atoms with Gasteiger partial charge in [0.2, 0.25) is 0 Å². The lowest BCUT2D eigenvalue weighted by Crippen LogP contribution is -2.18. The van der Waals surface area contributed by atoms with Crippen LogP contribution in [-0.2, 0) is 6.42 Å². The van der Waals surface area contributed by atoms with Gasteiger partial charge in [-0.05, 0) is 49.4 Å². The summed E-state index contributed by atoms with van der Waals surface area (Å²) in [6.45, 7) is 8.94. The van der Waals surface area contributed by atoms with Crippen molar-refractivity contribution < 1.29 is 0 Å². The van der Waals surface area contributed by atoms with Crippen LogP contribution in [0.25, 0.3) is 0 Å². The highest BCUT2D eigenvalue weighted by molar-refractivity contribution is 5.49. The van der Waals surface area contributed by atoms with Crippen LogP contribution in [-0.4, -0.2) is 6.04 Å². The molecule has 1 unspecified atom stereocenters. The zero-order chi connectivity index (χ0) is 12.7. The van der Waals surface area contributed by atoms with Crippen LogP contribution in [0.15, 0.2) is 18.2 Å². The highest BCUT2D eigenvalue weighted by atomic mass is 14.9. The van der Waals surface area contributed by atoms with Crippen molar-refractivity contribution in [3.63, 3.8) is 0 Å². The average molecular weight is 233 g/mol. The second-order valence-corrected chi connectivity index (χ2v) is 4.89. The predicted molar refractivity (Wildman–Crippen MR) is 77.8 cm³/mol. The van der Waals surface area contributed by atoms with Crippen LogP contribution >= 0.6 is 0 Å². The van der Waals surface area contributed by atoms with Gasteiger partial charge in [0.1, 0.15) is 0 Å². The standard InChI is InChI=1S/C16H27N/c1-5-8-9-15(7-3)17-16-11-10-13(4)14(6-2)12-16/h10-12,15,17H,5-9H2,1-4H3. The van der Waals surface area contributed by atoms with Crippen molar-refractivity contribution in [3.8, 4) is 0 Å². The number of benzene rings is 1. The normalized spacial score (nSPS) is 12.5. The largest absolute Gasteiger partial charge is 0.382 e. The molecule has 1 aromatic carbocycles. The van der Waals surface area contributed by atoms with Gasteiger partial charge >= 0.3 is 0 Å². The number of aryl methyl sites for hydroxylation is 2. The Morgan fingerprint density at radius 1 is 1.18 bits per heavy atom. The molecule has 0 bridgehead atoms. The Morgan fingerprint density at radius 3 is 2.53 bits per heavy atom. The monoisotopic (exact) mass is 233 g/mol. The molecule has 1 rings (SSSR count). The first kappa shape index (κ1) is 14.1. The first-order valence-electron chi connectivity index (χ1n) is 7.07. The Balaban J connectivity index is 2.65. The number of nitrogens with one attached hydrogen (secondary N) is 1. The van der Waals surface area contributed by atoms with Crippen LogP contribution in [0.1, 0.15) is 57.6 Å². The summed E-state index contributed by atoms with van der Waals surface area (Å²) in [6.07, 6.45) is 6.20. The van der Waals surface area contributed by atoms with Gasteiger partial charge in [0.25, 0.3) is 0 Å². The molecule has 0 fully saturated rings. The molecule has 0 aromatic heterocycles. The maximum absolute atomic E-state index is 3.67. The summed E-state index contributed by atoms with van der Waals surface area (Å²) in [5.41, 5.74) is 4.15. The van der Waals surface area contributed by atoms with Gasteiger partial charge in [-0.25, -0.2) is 0 Å². The Kier molecular flexibility index (Phi) is 6.10. The van der Waals surface area contributed by atoms with E-state index in [4.69, 9.17) is 0 Å². The molecular formula is C16H27N. The van der Waals surface area contributed by atoms with E-state index >= 15 is 0 Å². The second-order valence-electron chi connectivity index (χ2n) is 4.89.